The van der Waals surface area contributed by atoms with Gasteiger partial charge in [0.15, 0.2) is 5.11 Å². The summed E-state index contributed by atoms with van der Waals surface area (Å²) in [5.74, 6) is -0.190. The molecule has 0 aliphatic heterocycles. The number of hydrogen-bond donors (Lipinski definition) is 3. The number of thiocarbonyl (C=S) groups is 1. The summed E-state index contributed by atoms with van der Waals surface area (Å²) in [6, 6.07) is 6.04. The highest BCUT2D eigenvalue weighted by molar-refractivity contribution is 7.80. The predicted molar refractivity (Wildman–Crippen MR) is 69.1 cm³/mol. The van der Waals surface area contributed by atoms with Gasteiger partial charge in [-0.05, 0) is 49.3 Å². The van der Waals surface area contributed by atoms with Gasteiger partial charge in [0, 0.05) is 12.6 Å². The van der Waals surface area contributed by atoms with E-state index in [1.54, 1.807) is 0 Å². The van der Waals surface area contributed by atoms with Crippen LogP contribution in [0.3, 0.4) is 0 Å². The summed E-state index contributed by atoms with van der Waals surface area (Å²) in [4.78, 5) is 10.6. The first-order valence-electron chi connectivity index (χ1n) is 4.89. The number of aryl methyl sites for hydroxylation is 2. The fraction of sp³-hybridized carbons (Fsp3) is 0.273. The molecule has 0 unspecified atom stereocenters. The van der Waals surface area contributed by atoms with E-state index >= 15 is 0 Å². The number of amides is 1. The summed E-state index contributed by atoms with van der Waals surface area (Å²) in [6.45, 7) is 5.44. The van der Waals surface area contributed by atoms with Crippen molar-refractivity contribution in [3.63, 3.8) is 0 Å². The second-order valence-corrected chi connectivity index (χ2v) is 4.04. The van der Waals surface area contributed by atoms with Crippen LogP contribution in [0.2, 0.25) is 0 Å². The summed E-state index contributed by atoms with van der Waals surface area (Å²) in [6.07, 6.45) is 0. The van der Waals surface area contributed by atoms with Gasteiger partial charge in [0.2, 0.25) is 5.91 Å². The fourth-order valence-electron chi connectivity index (χ4n) is 1.35. The molecule has 1 amide bonds. The molecule has 0 aliphatic carbocycles. The molecule has 1 aromatic carbocycles. The number of hydrazine groups is 1. The summed E-state index contributed by atoms with van der Waals surface area (Å²) in [5, 5.41) is 3.35. The molecule has 0 bridgehead atoms. The quantitative estimate of drug-likeness (QED) is 0.513. The van der Waals surface area contributed by atoms with E-state index in [4.69, 9.17) is 12.2 Å². The molecule has 86 valence electrons. The highest BCUT2D eigenvalue weighted by Crippen LogP contribution is 2.13. The van der Waals surface area contributed by atoms with Crippen LogP contribution >= 0.6 is 12.2 Å². The van der Waals surface area contributed by atoms with Crippen LogP contribution in [-0.4, -0.2) is 11.0 Å². The summed E-state index contributed by atoms with van der Waals surface area (Å²) in [5.41, 5.74) is 8.21. The Labute approximate surface area is 100 Å². The molecule has 0 aliphatic rings. The van der Waals surface area contributed by atoms with Crippen molar-refractivity contribution in [3.8, 4) is 0 Å². The number of carbonyl (C=O) groups excluding carboxylic acids is 1. The molecule has 1 rings (SSSR count). The van der Waals surface area contributed by atoms with E-state index in [1.165, 1.54) is 6.92 Å². The first kappa shape index (κ1) is 12.4. The zero-order valence-electron chi connectivity index (χ0n) is 9.55. The molecule has 1 aromatic rings. The maximum absolute atomic E-state index is 10.6. The van der Waals surface area contributed by atoms with E-state index in [1.807, 2.05) is 26.0 Å². The Morgan fingerprint density at radius 2 is 1.69 bits per heavy atom. The normalized spacial score (nSPS) is 9.44. The first-order valence-corrected chi connectivity index (χ1v) is 5.30. The Morgan fingerprint density at radius 3 is 2.19 bits per heavy atom. The van der Waals surface area contributed by atoms with Gasteiger partial charge in [-0.2, -0.15) is 0 Å². The lowest BCUT2D eigenvalue weighted by atomic mass is 10.1. The average molecular weight is 237 g/mol. The van der Waals surface area contributed by atoms with Crippen LogP contribution in [0.15, 0.2) is 18.2 Å². The number of rotatable bonds is 1. The van der Waals surface area contributed by atoms with Crippen LogP contribution in [0.5, 0.6) is 0 Å². The van der Waals surface area contributed by atoms with Crippen molar-refractivity contribution < 1.29 is 4.79 Å². The third kappa shape index (κ3) is 4.27. The van der Waals surface area contributed by atoms with Crippen molar-refractivity contribution in [1.82, 2.24) is 10.9 Å². The van der Waals surface area contributed by atoms with Gasteiger partial charge in [-0.25, -0.2) is 0 Å². The maximum atomic E-state index is 10.6. The van der Waals surface area contributed by atoms with Crippen LogP contribution in [-0.2, 0) is 4.79 Å². The van der Waals surface area contributed by atoms with Gasteiger partial charge < -0.3 is 5.32 Å². The van der Waals surface area contributed by atoms with Crippen LogP contribution < -0.4 is 16.2 Å². The number of nitrogens with one attached hydrogen (secondary N) is 3. The van der Waals surface area contributed by atoms with Gasteiger partial charge in [-0.1, -0.05) is 6.07 Å². The van der Waals surface area contributed by atoms with Gasteiger partial charge in [0.05, 0.1) is 0 Å². The summed E-state index contributed by atoms with van der Waals surface area (Å²) in [7, 11) is 0. The van der Waals surface area contributed by atoms with Gasteiger partial charge in [0.1, 0.15) is 0 Å². The molecule has 0 fully saturated rings. The molecule has 16 heavy (non-hydrogen) atoms. The zero-order chi connectivity index (χ0) is 12.1. The SMILES string of the molecule is CC(=O)NNC(=S)Nc1cc(C)cc(C)c1. The van der Waals surface area contributed by atoms with E-state index in [0.717, 1.165) is 16.8 Å². The standard InChI is InChI=1S/C11H15N3OS/c1-7-4-8(2)6-10(5-7)12-11(16)14-13-9(3)15/h4-6H,1-3H3,(H,13,15)(H2,12,14,16). The molecule has 0 atom stereocenters. The Hall–Kier alpha value is -1.62. The van der Waals surface area contributed by atoms with Crippen molar-refractivity contribution in [3.05, 3.63) is 29.3 Å². The highest BCUT2D eigenvalue weighted by atomic mass is 32.1. The average Bonchev–Trinajstić information content (AvgIpc) is 2.12. The molecular weight excluding hydrogens is 222 g/mol. The van der Waals surface area contributed by atoms with Crippen molar-refractivity contribution in [2.45, 2.75) is 20.8 Å². The van der Waals surface area contributed by atoms with Gasteiger partial charge >= 0.3 is 0 Å². The number of carbonyl (C=O) groups is 1. The van der Waals surface area contributed by atoms with Crippen LogP contribution in [0, 0.1) is 13.8 Å². The number of hydrogen-bond acceptors (Lipinski definition) is 2. The van der Waals surface area contributed by atoms with E-state index in [-0.39, 0.29) is 5.91 Å². The Morgan fingerprint density at radius 1 is 1.12 bits per heavy atom. The fourth-order valence-corrected chi connectivity index (χ4v) is 1.52. The molecule has 5 heteroatoms. The third-order valence-electron chi connectivity index (χ3n) is 1.83. The Bertz CT molecular complexity index is 397. The third-order valence-corrected chi connectivity index (χ3v) is 2.04. The van der Waals surface area contributed by atoms with E-state index < -0.39 is 0 Å². The van der Waals surface area contributed by atoms with Crippen LogP contribution in [0.25, 0.3) is 0 Å². The molecule has 0 saturated carbocycles. The van der Waals surface area contributed by atoms with Gasteiger partial charge in [-0.15, -0.1) is 0 Å². The van der Waals surface area contributed by atoms with Crippen molar-refractivity contribution >= 4 is 28.9 Å². The monoisotopic (exact) mass is 237 g/mol. The lowest BCUT2D eigenvalue weighted by Crippen LogP contribution is -2.42. The minimum Gasteiger partial charge on any atom is -0.331 e. The molecule has 4 nitrogen and oxygen atoms in total. The molecular formula is C11H15N3OS. The molecule has 0 heterocycles. The van der Waals surface area contributed by atoms with Crippen molar-refractivity contribution in [2.75, 3.05) is 5.32 Å². The van der Waals surface area contributed by atoms with Crippen molar-refractivity contribution in [2.24, 2.45) is 0 Å². The number of benzene rings is 1. The smallest absolute Gasteiger partial charge is 0.235 e. The van der Waals surface area contributed by atoms with Gasteiger partial charge in [-0.3, -0.25) is 15.6 Å². The van der Waals surface area contributed by atoms with Crippen LogP contribution in [0.4, 0.5) is 5.69 Å². The highest BCUT2D eigenvalue weighted by Gasteiger charge is 1.99. The van der Waals surface area contributed by atoms with Gasteiger partial charge in [0.25, 0.3) is 0 Å². The van der Waals surface area contributed by atoms with E-state index in [2.05, 4.69) is 22.2 Å². The summed E-state index contributed by atoms with van der Waals surface area (Å²) >= 11 is 5.00. The molecule has 0 spiro atoms. The van der Waals surface area contributed by atoms with Crippen molar-refractivity contribution in [1.29, 1.82) is 0 Å². The summed E-state index contributed by atoms with van der Waals surface area (Å²) < 4.78 is 0. The van der Waals surface area contributed by atoms with E-state index in [0.29, 0.717) is 5.11 Å². The maximum Gasteiger partial charge on any atom is 0.235 e. The topological polar surface area (TPSA) is 53.2 Å². The Balaban J connectivity index is 2.59. The van der Waals surface area contributed by atoms with Crippen LogP contribution in [0.1, 0.15) is 18.1 Å². The molecule has 0 aromatic heterocycles. The lowest BCUT2D eigenvalue weighted by molar-refractivity contribution is -0.119. The molecule has 0 saturated heterocycles. The second kappa shape index (κ2) is 5.46. The second-order valence-electron chi connectivity index (χ2n) is 3.64. The zero-order valence-corrected chi connectivity index (χ0v) is 10.4. The first-order chi connectivity index (χ1) is 7.47. The van der Waals surface area contributed by atoms with E-state index in [9.17, 15) is 4.79 Å². The largest absolute Gasteiger partial charge is 0.331 e. The Kier molecular flexibility index (Phi) is 4.25. The number of anilines is 1. The molecule has 0 radical (unpaired) electrons. The lowest BCUT2D eigenvalue weighted by Gasteiger charge is -2.11. The predicted octanol–water partition coefficient (Wildman–Crippen LogP) is 1.64. The minimum atomic E-state index is -0.190. The minimum absolute atomic E-state index is 0.190. The molecule has 3 N–H and O–H groups in total.